The monoisotopic (exact) mass is 342 g/mol. The van der Waals surface area contributed by atoms with Gasteiger partial charge in [-0.2, -0.15) is 0 Å². The van der Waals surface area contributed by atoms with Crippen LogP contribution in [0.4, 0.5) is 0 Å². The summed E-state index contributed by atoms with van der Waals surface area (Å²) in [6.45, 7) is 3.98. The fourth-order valence-corrected chi connectivity index (χ4v) is 3.91. The molecule has 3 aliphatic heterocycles. The highest BCUT2D eigenvalue weighted by atomic mass is 16.2. The van der Waals surface area contributed by atoms with Crippen molar-refractivity contribution in [2.75, 3.05) is 19.6 Å². The molecule has 1 atom stereocenters. The third kappa shape index (κ3) is 2.94. The molecule has 0 saturated carbocycles. The van der Waals surface area contributed by atoms with Crippen molar-refractivity contribution in [3.8, 4) is 0 Å². The number of hydrogen-bond acceptors (Lipinski definition) is 5. The normalized spacial score (nSPS) is 24.3. The van der Waals surface area contributed by atoms with Gasteiger partial charge in [0.25, 0.3) is 5.91 Å². The number of carbonyl (C=O) groups is 3. The number of carbonyl (C=O) groups excluding carboxylic acids is 3. The molecule has 1 aromatic carbocycles. The quantitative estimate of drug-likeness (QED) is 0.741. The van der Waals surface area contributed by atoms with Gasteiger partial charge in [-0.15, -0.1) is 0 Å². The Balaban J connectivity index is 1.46. The van der Waals surface area contributed by atoms with Crippen LogP contribution < -0.4 is 11.1 Å². The summed E-state index contributed by atoms with van der Waals surface area (Å²) in [5.74, 6) is -0.169. The molecule has 7 nitrogen and oxygen atoms in total. The molecule has 3 aliphatic rings. The van der Waals surface area contributed by atoms with Crippen molar-refractivity contribution >= 4 is 17.7 Å². The predicted octanol–water partition coefficient (Wildman–Crippen LogP) is -0.162. The minimum Gasteiger partial charge on any atom is -0.330 e. The average molecular weight is 342 g/mol. The molecule has 3 N–H and O–H groups in total. The predicted molar refractivity (Wildman–Crippen MR) is 90.3 cm³/mol. The summed E-state index contributed by atoms with van der Waals surface area (Å²) in [5.41, 5.74) is 8.39. The molecule has 1 aromatic rings. The van der Waals surface area contributed by atoms with Crippen LogP contribution >= 0.6 is 0 Å². The van der Waals surface area contributed by atoms with Gasteiger partial charge in [0, 0.05) is 38.2 Å². The number of hydrogen-bond donors (Lipinski definition) is 2. The van der Waals surface area contributed by atoms with Gasteiger partial charge in [-0.05, 0) is 36.1 Å². The van der Waals surface area contributed by atoms with Crippen molar-refractivity contribution < 1.29 is 14.4 Å². The number of likely N-dealkylation sites (tertiary alicyclic amines) is 1. The van der Waals surface area contributed by atoms with E-state index in [9.17, 15) is 14.4 Å². The summed E-state index contributed by atoms with van der Waals surface area (Å²) in [7, 11) is 0. The number of fused-ring (bicyclic) bond motifs is 1. The Morgan fingerprint density at radius 1 is 1.20 bits per heavy atom. The lowest BCUT2D eigenvalue weighted by atomic mass is 9.98. The molecular weight excluding hydrogens is 320 g/mol. The molecule has 2 saturated heterocycles. The fourth-order valence-electron chi connectivity index (χ4n) is 3.91. The molecule has 25 heavy (non-hydrogen) atoms. The van der Waals surface area contributed by atoms with Gasteiger partial charge in [-0.1, -0.05) is 12.1 Å². The Bertz CT molecular complexity index is 742. The zero-order valence-electron chi connectivity index (χ0n) is 14.0. The number of rotatable bonds is 4. The summed E-state index contributed by atoms with van der Waals surface area (Å²) in [5, 5.41) is 2.33. The Kier molecular flexibility index (Phi) is 4.05. The standard InChI is InChI=1S/C18H22N4O3/c19-6-12-8-21(9-12)7-11-1-2-13-10-22(18(25)14(13)5-11)15-3-4-16(23)20-17(15)24/h1-2,5,12,15H,3-4,6-10,19H2,(H,20,23,24). The molecule has 0 bridgehead atoms. The first-order chi connectivity index (χ1) is 12.0. The van der Waals surface area contributed by atoms with Gasteiger partial charge in [0.15, 0.2) is 0 Å². The zero-order valence-corrected chi connectivity index (χ0v) is 14.0. The van der Waals surface area contributed by atoms with Crippen molar-refractivity contribution in [2.24, 2.45) is 11.7 Å². The molecule has 0 spiro atoms. The molecule has 7 heteroatoms. The molecule has 132 valence electrons. The summed E-state index contributed by atoms with van der Waals surface area (Å²) < 4.78 is 0. The van der Waals surface area contributed by atoms with E-state index in [2.05, 4.69) is 16.3 Å². The van der Waals surface area contributed by atoms with E-state index in [-0.39, 0.29) is 24.1 Å². The number of nitrogens with one attached hydrogen (secondary N) is 1. The Labute approximate surface area is 146 Å². The summed E-state index contributed by atoms with van der Waals surface area (Å²) in [6, 6.07) is 5.42. The molecule has 2 fully saturated rings. The second-order valence-electron chi connectivity index (χ2n) is 7.19. The third-order valence-electron chi connectivity index (χ3n) is 5.36. The highest BCUT2D eigenvalue weighted by Crippen LogP contribution is 2.29. The highest BCUT2D eigenvalue weighted by Gasteiger charge is 2.39. The van der Waals surface area contributed by atoms with Crippen LogP contribution in [0.3, 0.4) is 0 Å². The number of piperidine rings is 1. The molecule has 3 amide bonds. The van der Waals surface area contributed by atoms with Gasteiger partial charge < -0.3 is 10.6 Å². The van der Waals surface area contributed by atoms with Crippen LogP contribution in [0.5, 0.6) is 0 Å². The van der Waals surface area contributed by atoms with E-state index in [0.29, 0.717) is 24.4 Å². The van der Waals surface area contributed by atoms with E-state index >= 15 is 0 Å². The van der Waals surface area contributed by atoms with Crippen LogP contribution in [0.2, 0.25) is 0 Å². The highest BCUT2D eigenvalue weighted by molar-refractivity contribution is 6.05. The van der Waals surface area contributed by atoms with E-state index in [0.717, 1.165) is 37.3 Å². The van der Waals surface area contributed by atoms with E-state index in [4.69, 9.17) is 5.73 Å². The first kappa shape index (κ1) is 16.2. The lowest BCUT2D eigenvalue weighted by molar-refractivity contribution is -0.136. The van der Waals surface area contributed by atoms with E-state index in [1.807, 2.05) is 12.1 Å². The minimum absolute atomic E-state index is 0.116. The molecule has 3 heterocycles. The number of amides is 3. The maximum atomic E-state index is 12.8. The molecule has 4 rings (SSSR count). The van der Waals surface area contributed by atoms with Crippen LogP contribution in [0, 0.1) is 5.92 Å². The van der Waals surface area contributed by atoms with Gasteiger partial charge in [0.05, 0.1) is 0 Å². The lowest BCUT2D eigenvalue weighted by Gasteiger charge is -2.38. The van der Waals surface area contributed by atoms with Gasteiger partial charge in [0.2, 0.25) is 11.8 Å². The van der Waals surface area contributed by atoms with E-state index < -0.39 is 6.04 Å². The molecule has 0 radical (unpaired) electrons. The van der Waals surface area contributed by atoms with E-state index in [1.54, 1.807) is 4.90 Å². The Hall–Kier alpha value is -2.25. The SMILES string of the molecule is NCC1CN(Cc2ccc3c(c2)C(=O)N(C2CCC(=O)NC2=O)C3)C1. The maximum absolute atomic E-state index is 12.8. The smallest absolute Gasteiger partial charge is 0.255 e. The number of nitrogens with two attached hydrogens (primary N) is 1. The maximum Gasteiger partial charge on any atom is 0.255 e. The number of imide groups is 1. The molecule has 0 aliphatic carbocycles. The van der Waals surface area contributed by atoms with Crippen LogP contribution in [0.1, 0.15) is 34.3 Å². The van der Waals surface area contributed by atoms with Crippen LogP contribution in [0.25, 0.3) is 0 Å². The second kappa shape index (κ2) is 6.24. The molecule has 0 aromatic heterocycles. The topological polar surface area (TPSA) is 95.7 Å². The summed E-state index contributed by atoms with van der Waals surface area (Å²) in [4.78, 5) is 40.1. The second-order valence-corrected chi connectivity index (χ2v) is 7.19. The van der Waals surface area contributed by atoms with Gasteiger partial charge in [-0.3, -0.25) is 24.6 Å². The Morgan fingerprint density at radius 2 is 2.00 bits per heavy atom. The Morgan fingerprint density at radius 3 is 2.72 bits per heavy atom. The number of nitrogens with zero attached hydrogens (tertiary/aromatic N) is 2. The zero-order chi connectivity index (χ0) is 17.6. The first-order valence-electron chi connectivity index (χ1n) is 8.74. The van der Waals surface area contributed by atoms with Gasteiger partial charge in [-0.25, -0.2) is 0 Å². The van der Waals surface area contributed by atoms with Crippen molar-refractivity contribution in [3.05, 3.63) is 34.9 Å². The van der Waals surface area contributed by atoms with Crippen molar-refractivity contribution in [1.82, 2.24) is 15.1 Å². The van der Waals surface area contributed by atoms with Gasteiger partial charge >= 0.3 is 0 Å². The van der Waals surface area contributed by atoms with Crippen LogP contribution in [-0.2, 0) is 22.7 Å². The van der Waals surface area contributed by atoms with E-state index in [1.165, 1.54) is 0 Å². The third-order valence-corrected chi connectivity index (χ3v) is 5.36. The van der Waals surface area contributed by atoms with Crippen molar-refractivity contribution in [1.29, 1.82) is 0 Å². The lowest BCUT2D eigenvalue weighted by Crippen LogP contribution is -2.52. The minimum atomic E-state index is -0.554. The van der Waals surface area contributed by atoms with Crippen LogP contribution in [-0.4, -0.2) is 53.2 Å². The molecular formula is C18H22N4O3. The largest absolute Gasteiger partial charge is 0.330 e. The van der Waals surface area contributed by atoms with Crippen molar-refractivity contribution in [3.63, 3.8) is 0 Å². The van der Waals surface area contributed by atoms with Crippen LogP contribution in [0.15, 0.2) is 18.2 Å². The van der Waals surface area contributed by atoms with Crippen molar-refractivity contribution in [2.45, 2.75) is 32.0 Å². The van der Waals surface area contributed by atoms with Gasteiger partial charge in [0.1, 0.15) is 6.04 Å². The molecule has 1 unspecified atom stereocenters. The first-order valence-corrected chi connectivity index (χ1v) is 8.74. The number of benzene rings is 1. The summed E-state index contributed by atoms with van der Waals surface area (Å²) in [6.07, 6.45) is 0.671. The average Bonchev–Trinajstić information content (AvgIpc) is 2.87. The fraction of sp³-hybridized carbons (Fsp3) is 0.500. The summed E-state index contributed by atoms with van der Waals surface area (Å²) >= 11 is 0.